The molecule has 30 heavy (non-hydrogen) atoms. The van der Waals surface area contributed by atoms with Crippen molar-refractivity contribution < 1.29 is 14.3 Å². The van der Waals surface area contributed by atoms with Gasteiger partial charge in [0, 0.05) is 31.9 Å². The van der Waals surface area contributed by atoms with Gasteiger partial charge in [0.05, 0.1) is 13.7 Å². The number of carbonyl (C=O) groups is 1. The van der Waals surface area contributed by atoms with Crippen LogP contribution in [-0.2, 0) is 11.3 Å². The number of hydrogen-bond donors (Lipinski definition) is 1. The number of nitrogens with zero attached hydrogens (tertiary/aromatic N) is 2. The Morgan fingerprint density at radius 3 is 2.70 bits per heavy atom. The van der Waals surface area contributed by atoms with Gasteiger partial charge >= 0.3 is 0 Å². The molecule has 3 rings (SSSR count). The number of hydrogen-bond acceptors (Lipinski definition) is 5. The average molecular weight is 410 g/mol. The van der Waals surface area contributed by atoms with E-state index in [1.807, 2.05) is 43.5 Å². The maximum Gasteiger partial charge on any atom is 0.244 e. The maximum absolute atomic E-state index is 12.2. The first-order valence-electron chi connectivity index (χ1n) is 10.6. The molecule has 160 valence electrons. The van der Waals surface area contributed by atoms with Crippen molar-refractivity contribution in [1.82, 2.24) is 10.3 Å². The molecule has 0 aliphatic carbocycles. The number of nitrogens with one attached hydrogen (secondary N) is 1. The number of rotatable bonds is 8. The summed E-state index contributed by atoms with van der Waals surface area (Å²) in [7, 11) is 1.60. The van der Waals surface area contributed by atoms with Crippen LogP contribution in [0.2, 0.25) is 0 Å². The summed E-state index contributed by atoms with van der Waals surface area (Å²) in [6.45, 7) is 7.37. The molecule has 0 spiro atoms. The predicted molar refractivity (Wildman–Crippen MR) is 120 cm³/mol. The summed E-state index contributed by atoms with van der Waals surface area (Å²) >= 11 is 0. The van der Waals surface area contributed by atoms with Crippen molar-refractivity contribution in [3.63, 3.8) is 0 Å². The summed E-state index contributed by atoms with van der Waals surface area (Å²) in [5, 5.41) is 2.90. The second-order valence-corrected chi connectivity index (χ2v) is 7.59. The third-order valence-corrected chi connectivity index (χ3v) is 5.30. The Labute approximate surface area is 178 Å². The lowest BCUT2D eigenvalue weighted by molar-refractivity contribution is -0.116. The van der Waals surface area contributed by atoms with E-state index in [-0.39, 0.29) is 5.91 Å². The van der Waals surface area contributed by atoms with Crippen LogP contribution in [0.25, 0.3) is 6.08 Å². The fourth-order valence-electron chi connectivity index (χ4n) is 3.43. The molecule has 2 aromatic rings. The minimum atomic E-state index is -0.156. The van der Waals surface area contributed by atoms with E-state index < -0.39 is 0 Å². The smallest absolute Gasteiger partial charge is 0.244 e. The van der Waals surface area contributed by atoms with E-state index in [1.54, 1.807) is 13.2 Å². The van der Waals surface area contributed by atoms with E-state index in [1.165, 1.54) is 18.9 Å². The van der Waals surface area contributed by atoms with Gasteiger partial charge in [-0.1, -0.05) is 19.1 Å². The predicted octanol–water partition coefficient (Wildman–Crippen LogP) is 4.05. The Balaban J connectivity index is 1.50. The van der Waals surface area contributed by atoms with Gasteiger partial charge in [0.15, 0.2) is 11.5 Å². The van der Waals surface area contributed by atoms with Crippen LogP contribution in [0.4, 0.5) is 5.82 Å². The summed E-state index contributed by atoms with van der Waals surface area (Å²) in [6.07, 6.45) is 7.55. The highest BCUT2D eigenvalue weighted by molar-refractivity contribution is 5.91. The summed E-state index contributed by atoms with van der Waals surface area (Å²) in [4.78, 5) is 19.1. The molecular weight excluding hydrogens is 378 g/mol. The fraction of sp³-hybridized carbons (Fsp3) is 0.417. The quantitative estimate of drug-likeness (QED) is 0.667. The molecule has 1 aromatic carbocycles. The normalized spacial score (nSPS) is 14.7. The number of pyridine rings is 1. The van der Waals surface area contributed by atoms with Gasteiger partial charge < -0.3 is 19.7 Å². The number of ether oxygens (including phenoxy) is 2. The van der Waals surface area contributed by atoms with Crippen LogP contribution in [0.3, 0.4) is 0 Å². The molecule has 1 aliphatic heterocycles. The molecule has 0 atom stereocenters. The molecule has 1 amide bonds. The van der Waals surface area contributed by atoms with Crippen molar-refractivity contribution in [1.29, 1.82) is 0 Å². The van der Waals surface area contributed by atoms with E-state index in [9.17, 15) is 4.79 Å². The minimum Gasteiger partial charge on any atom is -0.493 e. The van der Waals surface area contributed by atoms with Crippen LogP contribution in [0, 0.1) is 5.92 Å². The molecule has 1 saturated heterocycles. The van der Waals surface area contributed by atoms with E-state index in [0.717, 1.165) is 36.0 Å². The molecular formula is C24H31N3O3. The minimum absolute atomic E-state index is 0.156. The van der Waals surface area contributed by atoms with E-state index in [2.05, 4.69) is 22.1 Å². The van der Waals surface area contributed by atoms with Gasteiger partial charge in [0.1, 0.15) is 5.82 Å². The zero-order valence-electron chi connectivity index (χ0n) is 18.1. The molecule has 1 aliphatic rings. The van der Waals surface area contributed by atoms with Crippen molar-refractivity contribution in [2.45, 2.75) is 33.2 Å². The lowest BCUT2D eigenvalue weighted by Crippen LogP contribution is -2.33. The number of benzene rings is 1. The molecule has 1 fully saturated rings. The first-order chi connectivity index (χ1) is 14.6. The van der Waals surface area contributed by atoms with Gasteiger partial charge in [0.25, 0.3) is 0 Å². The van der Waals surface area contributed by atoms with Crippen molar-refractivity contribution in [3.05, 3.63) is 53.7 Å². The molecule has 1 N–H and O–H groups in total. The molecule has 1 aromatic heterocycles. The van der Waals surface area contributed by atoms with Crippen LogP contribution < -0.4 is 19.7 Å². The van der Waals surface area contributed by atoms with Crippen molar-refractivity contribution in [2.24, 2.45) is 5.92 Å². The van der Waals surface area contributed by atoms with Gasteiger partial charge in [-0.25, -0.2) is 4.98 Å². The Bertz CT molecular complexity index is 856. The van der Waals surface area contributed by atoms with Crippen LogP contribution >= 0.6 is 0 Å². The molecule has 0 radical (unpaired) electrons. The third-order valence-electron chi connectivity index (χ3n) is 5.30. The van der Waals surface area contributed by atoms with Crippen LogP contribution in [-0.4, -0.2) is 37.7 Å². The summed E-state index contributed by atoms with van der Waals surface area (Å²) in [6, 6.07) is 9.65. The maximum atomic E-state index is 12.2. The first-order valence-corrected chi connectivity index (χ1v) is 10.6. The second kappa shape index (κ2) is 10.7. The first kappa shape index (κ1) is 21.7. The number of carbonyl (C=O) groups excluding carboxylic acids is 1. The fourth-order valence-corrected chi connectivity index (χ4v) is 3.43. The van der Waals surface area contributed by atoms with E-state index in [0.29, 0.717) is 24.7 Å². The van der Waals surface area contributed by atoms with Crippen molar-refractivity contribution in [2.75, 3.05) is 31.7 Å². The summed E-state index contributed by atoms with van der Waals surface area (Å²) in [5.74, 6) is 3.00. The van der Waals surface area contributed by atoms with Gasteiger partial charge in [0.2, 0.25) is 5.91 Å². The van der Waals surface area contributed by atoms with Crippen LogP contribution in [0.1, 0.15) is 37.8 Å². The third kappa shape index (κ3) is 5.99. The Kier molecular flexibility index (Phi) is 7.71. The van der Waals surface area contributed by atoms with Crippen molar-refractivity contribution in [3.8, 4) is 11.5 Å². The second-order valence-electron chi connectivity index (χ2n) is 7.59. The number of aromatic nitrogens is 1. The average Bonchev–Trinajstić information content (AvgIpc) is 2.78. The van der Waals surface area contributed by atoms with Gasteiger partial charge in [-0.15, -0.1) is 0 Å². The highest BCUT2D eigenvalue weighted by Crippen LogP contribution is 2.28. The molecule has 6 heteroatoms. The SMILES string of the molecule is CCOc1ccc(C=CC(=O)NCc2ccc(N3CCC(C)CC3)nc2)cc1OC. The molecule has 6 nitrogen and oxygen atoms in total. The lowest BCUT2D eigenvalue weighted by atomic mass is 9.99. The molecule has 2 heterocycles. The Morgan fingerprint density at radius 2 is 2.03 bits per heavy atom. The highest BCUT2D eigenvalue weighted by atomic mass is 16.5. The topological polar surface area (TPSA) is 63.7 Å². The number of piperidine rings is 1. The zero-order chi connectivity index (χ0) is 21.3. The van der Waals surface area contributed by atoms with E-state index >= 15 is 0 Å². The lowest BCUT2D eigenvalue weighted by Gasteiger charge is -2.31. The highest BCUT2D eigenvalue weighted by Gasteiger charge is 2.16. The van der Waals surface area contributed by atoms with Crippen molar-refractivity contribution >= 4 is 17.8 Å². The molecule has 0 bridgehead atoms. The number of methoxy groups -OCH3 is 1. The Hall–Kier alpha value is -3.02. The Morgan fingerprint density at radius 1 is 1.23 bits per heavy atom. The van der Waals surface area contributed by atoms with Crippen LogP contribution in [0.15, 0.2) is 42.6 Å². The number of anilines is 1. The van der Waals surface area contributed by atoms with Gasteiger partial charge in [-0.3, -0.25) is 4.79 Å². The number of amides is 1. The van der Waals surface area contributed by atoms with E-state index in [4.69, 9.17) is 9.47 Å². The summed E-state index contributed by atoms with van der Waals surface area (Å²) < 4.78 is 10.8. The standard InChI is InChI=1S/C24H31N3O3/c1-4-30-21-8-5-19(15-22(21)29-3)7-10-24(28)26-17-20-6-9-23(25-16-20)27-13-11-18(2)12-14-27/h5-10,15-16,18H,4,11-14,17H2,1-3H3,(H,26,28). The largest absolute Gasteiger partial charge is 0.493 e. The van der Waals surface area contributed by atoms with Gasteiger partial charge in [-0.2, -0.15) is 0 Å². The zero-order valence-corrected chi connectivity index (χ0v) is 18.1. The molecule has 0 unspecified atom stereocenters. The molecule has 0 saturated carbocycles. The monoisotopic (exact) mass is 409 g/mol. The van der Waals surface area contributed by atoms with Crippen LogP contribution in [0.5, 0.6) is 11.5 Å². The summed E-state index contributed by atoms with van der Waals surface area (Å²) in [5.41, 5.74) is 1.85. The van der Waals surface area contributed by atoms with Gasteiger partial charge in [-0.05, 0) is 61.1 Å².